The van der Waals surface area contributed by atoms with E-state index in [4.69, 9.17) is 0 Å². The number of aryl methyl sites for hydroxylation is 1. The smallest absolute Gasteiger partial charge is 0.398 e. The van der Waals surface area contributed by atoms with Gasteiger partial charge in [-0.15, -0.1) is 11.3 Å². The van der Waals surface area contributed by atoms with Gasteiger partial charge in [0.15, 0.2) is 0 Å². The Morgan fingerprint density at radius 2 is 2.05 bits per heavy atom. The summed E-state index contributed by atoms with van der Waals surface area (Å²) in [5.74, 6) is -2.46. The van der Waals surface area contributed by atoms with Gasteiger partial charge in [-0.2, -0.15) is 0 Å². The number of amides is 1. The summed E-state index contributed by atoms with van der Waals surface area (Å²) in [6.45, 7) is 3.45. The first-order valence-corrected chi connectivity index (χ1v) is 6.28. The van der Waals surface area contributed by atoms with E-state index in [0.29, 0.717) is 10.6 Å². The standard InChI is InChI=1S/C11H14N2O5S/c1-4-18-11(16)9(14)13-12-7-6(2)5-19-8(7)10(15)17-3/h5,12H,4H2,1-3H3,(H,13,14). The molecule has 1 heterocycles. The maximum atomic E-state index is 11.5. The third-order valence-corrected chi connectivity index (χ3v) is 3.19. The SMILES string of the molecule is CCOC(=O)C(=O)NNc1c(C)csc1C(=O)OC. The van der Waals surface area contributed by atoms with Crippen LogP contribution in [0.25, 0.3) is 0 Å². The van der Waals surface area contributed by atoms with E-state index in [1.165, 1.54) is 18.4 Å². The van der Waals surface area contributed by atoms with E-state index in [1.54, 1.807) is 19.2 Å². The fourth-order valence-corrected chi connectivity index (χ4v) is 2.13. The molecular weight excluding hydrogens is 272 g/mol. The Kier molecular flexibility index (Phi) is 5.31. The van der Waals surface area contributed by atoms with Crippen LogP contribution >= 0.6 is 11.3 Å². The van der Waals surface area contributed by atoms with Gasteiger partial charge in [0.25, 0.3) is 0 Å². The van der Waals surface area contributed by atoms with E-state index < -0.39 is 17.8 Å². The molecule has 0 aliphatic carbocycles. The van der Waals surface area contributed by atoms with Gasteiger partial charge in [-0.3, -0.25) is 15.6 Å². The Morgan fingerprint density at radius 3 is 2.63 bits per heavy atom. The van der Waals surface area contributed by atoms with Gasteiger partial charge in [-0.25, -0.2) is 9.59 Å². The lowest BCUT2D eigenvalue weighted by molar-refractivity contribution is -0.154. The highest BCUT2D eigenvalue weighted by Crippen LogP contribution is 2.27. The predicted molar refractivity (Wildman–Crippen MR) is 68.8 cm³/mol. The van der Waals surface area contributed by atoms with Crippen molar-refractivity contribution in [2.45, 2.75) is 13.8 Å². The molecule has 19 heavy (non-hydrogen) atoms. The molecule has 0 aromatic carbocycles. The van der Waals surface area contributed by atoms with Crippen molar-refractivity contribution in [3.63, 3.8) is 0 Å². The van der Waals surface area contributed by atoms with Crippen LogP contribution in [0.4, 0.5) is 5.69 Å². The molecule has 0 fully saturated rings. The van der Waals surface area contributed by atoms with Crippen molar-refractivity contribution >= 4 is 34.9 Å². The van der Waals surface area contributed by atoms with Crippen LogP contribution in [-0.4, -0.2) is 31.6 Å². The second-order valence-corrected chi connectivity index (χ2v) is 4.29. The minimum Gasteiger partial charge on any atom is -0.465 e. The molecular formula is C11H14N2O5S. The van der Waals surface area contributed by atoms with E-state index in [1.807, 2.05) is 0 Å². The number of methoxy groups -OCH3 is 1. The summed E-state index contributed by atoms with van der Waals surface area (Å²) < 4.78 is 9.13. The molecule has 1 aromatic heterocycles. The summed E-state index contributed by atoms with van der Waals surface area (Å²) >= 11 is 1.17. The molecule has 2 N–H and O–H groups in total. The van der Waals surface area contributed by atoms with Gasteiger partial charge >= 0.3 is 17.8 Å². The number of thiophene rings is 1. The fourth-order valence-electron chi connectivity index (χ4n) is 1.21. The van der Waals surface area contributed by atoms with Crippen molar-refractivity contribution in [3.8, 4) is 0 Å². The summed E-state index contributed by atoms with van der Waals surface area (Å²) in [7, 11) is 1.26. The number of nitrogens with one attached hydrogen (secondary N) is 2. The van der Waals surface area contributed by atoms with Crippen molar-refractivity contribution in [1.29, 1.82) is 0 Å². The highest BCUT2D eigenvalue weighted by Gasteiger charge is 2.19. The van der Waals surface area contributed by atoms with Crippen LogP contribution in [-0.2, 0) is 19.1 Å². The van der Waals surface area contributed by atoms with Crippen LogP contribution in [0.5, 0.6) is 0 Å². The van der Waals surface area contributed by atoms with E-state index >= 15 is 0 Å². The van der Waals surface area contributed by atoms with Crippen LogP contribution in [0.3, 0.4) is 0 Å². The normalized spacial score (nSPS) is 9.63. The van der Waals surface area contributed by atoms with E-state index in [-0.39, 0.29) is 6.61 Å². The van der Waals surface area contributed by atoms with Gasteiger partial charge < -0.3 is 9.47 Å². The average molecular weight is 286 g/mol. The number of hydrogen-bond acceptors (Lipinski definition) is 7. The summed E-state index contributed by atoms with van der Waals surface area (Å²) in [4.78, 5) is 34.2. The van der Waals surface area contributed by atoms with Crippen molar-refractivity contribution < 1.29 is 23.9 Å². The first-order valence-electron chi connectivity index (χ1n) is 5.40. The molecule has 0 aliphatic heterocycles. The number of hydrogen-bond donors (Lipinski definition) is 2. The zero-order chi connectivity index (χ0) is 14.4. The van der Waals surface area contributed by atoms with Crippen LogP contribution < -0.4 is 10.9 Å². The number of rotatable bonds is 4. The lowest BCUT2D eigenvalue weighted by Crippen LogP contribution is -2.37. The first-order chi connectivity index (χ1) is 9.01. The molecule has 0 spiro atoms. The number of esters is 2. The third kappa shape index (κ3) is 3.68. The average Bonchev–Trinajstić information content (AvgIpc) is 2.76. The lowest BCUT2D eigenvalue weighted by atomic mass is 10.3. The Hall–Kier alpha value is -2.09. The molecule has 0 radical (unpaired) electrons. The van der Waals surface area contributed by atoms with Gasteiger partial charge in [0.1, 0.15) is 4.88 Å². The quantitative estimate of drug-likeness (QED) is 0.484. The molecule has 1 aromatic rings. The maximum Gasteiger partial charge on any atom is 0.398 e. The second-order valence-electron chi connectivity index (χ2n) is 3.41. The van der Waals surface area contributed by atoms with Crippen LogP contribution in [0.15, 0.2) is 5.38 Å². The van der Waals surface area contributed by atoms with E-state index in [9.17, 15) is 14.4 Å². The second kappa shape index (κ2) is 6.74. The number of anilines is 1. The van der Waals surface area contributed by atoms with E-state index in [2.05, 4.69) is 20.3 Å². The molecule has 0 saturated carbocycles. The Balaban J connectivity index is 2.72. The van der Waals surface area contributed by atoms with Gasteiger partial charge in [0, 0.05) is 0 Å². The molecule has 7 nitrogen and oxygen atoms in total. The lowest BCUT2D eigenvalue weighted by Gasteiger charge is -2.09. The summed E-state index contributed by atoms with van der Waals surface area (Å²) in [5.41, 5.74) is 5.83. The summed E-state index contributed by atoms with van der Waals surface area (Å²) in [5, 5.41) is 1.73. The number of carbonyl (C=O) groups is 3. The van der Waals surface area contributed by atoms with Crippen LogP contribution in [0.1, 0.15) is 22.2 Å². The molecule has 0 unspecified atom stereocenters. The monoisotopic (exact) mass is 286 g/mol. The Labute approximate surface area is 113 Å². The molecule has 0 atom stereocenters. The van der Waals surface area contributed by atoms with E-state index in [0.717, 1.165) is 5.56 Å². The largest absolute Gasteiger partial charge is 0.465 e. The molecule has 8 heteroatoms. The molecule has 0 bridgehead atoms. The van der Waals surface area contributed by atoms with Gasteiger partial charge in [0.05, 0.1) is 19.4 Å². The van der Waals surface area contributed by atoms with Crippen molar-refractivity contribution in [2.75, 3.05) is 19.1 Å². The highest BCUT2D eigenvalue weighted by molar-refractivity contribution is 7.12. The Bertz CT molecular complexity index is 497. The van der Waals surface area contributed by atoms with Crippen molar-refractivity contribution in [1.82, 2.24) is 5.43 Å². The minimum atomic E-state index is -0.998. The van der Waals surface area contributed by atoms with Gasteiger partial charge in [-0.05, 0) is 24.8 Å². The van der Waals surface area contributed by atoms with Gasteiger partial charge in [0.2, 0.25) is 0 Å². The predicted octanol–water partition coefficient (Wildman–Crippen LogP) is 0.849. The highest BCUT2D eigenvalue weighted by atomic mass is 32.1. The topological polar surface area (TPSA) is 93.7 Å². The maximum absolute atomic E-state index is 11.5. The van der Waals surface area contributed by atoms with Crippen LogP contribution in [0, 0.1) is 6.92 Å². The van der Waals surface area contributed by atoms with Crippen molar-refractivity contribution in [2.24, 2.45) is 0 Å². The summed E-state index contributed by atoms with van der Waals surface area (Å²) in [6, 6.07) is 0. The van der Waals surface area contributed by atoms with Crippen molar-refractivity contribution in [3.05, 3.63) is 15.8 Å². The third-order valence-electron chi connectivity index (χ3n) is 2.11. The molecule has 104 valence electrons. The van der Waals surface area contributed by atoms with Gasteiger partial charge in [-0.1, -0.05) is 0 Å². The minimum absolute atomic E-state index is 0.108. The zero-order valence-electron chi connectivity index (χ0n) is 10.7. The summed E-state index contributed by atoms with van der Waals surface area (Å²) in [6.07, 6.45) is 0. The fraction of sp³-hybridized carbons (Fsp3) is 0.364. The number of ether oxygens (including phenoxy) is 2. The molecule has 0 aliphatic rings. The number of hydrazine groups is 1. The molecule has 0 saturated heterocycles. The van der Waals surface area contributed by atoms with Crippen LogP contribution in [0.2, 0.25) is 0 Å². The zero-order valence-corrected chi connectivity index (χ0v) is 11.6. The molecule has 1 rings (SSSR count). The first kappa shape index (κ1) is 15.0. The number of carbonyl (C=O) groups excluding carboxylic acids is 3. The molecule has 1 amide bonds. The Morgan fingerprint density at radius 1 is 1.37 bits per heavy atom.